The molecule has 6 nitrogen and oxygen atoms in total. The molecular weight excluding hydrogens is 356 g/mol. The van der Waals surface area contributed by atoms with Crippen LogP contribution in [0.3, 0.4) is 0 Å². The highest BCUT2D eigenvalue weighted by atomic mass is 35.5. The molecule has 26 heavy (non-hydrogen) atoms. The number of hydrogen-bond donors (Lipinski definition) is 1. The molecule has 1 amide bonds. The van der Waals surface area contributed by atoms with E-state index in [0.29, 0.717) is 29.6 Å². The predicted molar refractivity (Wildman–Crippen MR) is 102 cm³/mol. The van der Waals surface area contributed by atoms with Crippen molar-refractivity contribution in [3.05, 3.63) is 22.7 Å². The number of esters is 1. The Hall–Kier alpha value is -1.79. The van der Waals surface area contributed by atoms with Crippen LogP contribution in [0.25, 0.3) is 0 Å². The molecule has 2 unspecified atom stereocenters. The van der Waals surface area contributed by atoms with Gasteiger partial charge in [0.2, 0.25) is 5.91 Å². The van der Waals surface area contributed by atoms with Crippen LogP contribution >= 0.6 is 11.6 Å². The maximum Gasteiger partial charge on any atom is 0.310 e. The molecule has 0 bridgehead atoms. The smallest absolute Gasteiger partial charge is 0.310 e. The van der Waals surface area contributed by atoms with Crippen molar-refractivity contribution in [1.82, 2.24) is 4.90 Å². The Labute approximate surface area is 159 Å². The van der Waals surface area contributed by atoms with E-state index in [0.717, 1.165) is 24.9 Å². The third-order valence-corrected chi connectivity index (χ3v) is 5.15. The highest BCUT2D eigenvalue weighted by Gasteiger charge is 2.31. The van der Waals surface area contributed by atoms with Gasteiger partial charge in [-0.2, -0.15) is 0 Å². The van der Waals surface area contributed by atoms with Gasteiger partial charge < -0.3 is 14.8 Å². The van der Waals surface area contributed by atoms with Crippen LogP contribution in [0.1, 0.15) is 32.3 Å². The number of piperidine rings is 1. The molecule has 7 heteroatoms. The van der Waals surface area contributed by atoms with Gasteiger partial charge in [0.25, 0.3) is 0 Å². The minimum Gasteiger partial charge on any atom is -0.495 e. The van der Waals surface area contributed by atoms with Crippen LogP contribution in [0.2, 0.25) is 5.02 Å². The highest BCUT2D eigenvalue weighted by Crippen LogP contribution is 2.31. The lowest BCUT2D eigenvalue weighted by Gasteiger charge is -2.35. The standard InChI is InChI=1S/C19H27ClN2O4/c1-5-26-19(24)14-7-6-8-22(11-14)13(3)18(23)21-16-9-12(2)15(20)10-17(16)25-4/h9-10,13-14H,5-8,11H2,1-4H3,(H,21,23). The quantitative estimate of drug-likeness (QED) is 0.765. The number of benzene rings is 1. The van der Waals surface area contributed by atoms with Crippen LogP contribution in [-0.4, -0.2) is 49.6 Å². The van der Waals surface area contributed by atoms with Crippen LogP contribution in [-0.2, 0) is 14.3 Å². The Morgan fingerprint density at radius 2 is 2.15 bits per heavy atom. The predicted octanol–water partition coefficient (Wildman–Crippen LogP) is 3.26. The zero-order valence-corrected chi connectivity index (χ0v) is 16.6. The van der Waals surface area contributed by atoms with Crippen molar-refractivity contribution in [3.8, 4) is 5.75 Å². The number of methoxy groups -OCH3 is 1. The fourth-order valence-electron chi connectivity index (χ4n) is 3.14. The van der Waals surface area contributed by atoms with Crippen LogP contribution < -0.4 is 10.1 Å². The Morgan fingerprint density at radius 3 is 2.81 bits per heavy atom. The zero-order chi connectivity index (χ0) is 19.3. The van der Waals surface area contributed by atoms with E-state index in [1.165, 1.54) is 7.11 Å². The SMILES string of the molecule is CCOC(=O)C1CCCN(C(C)C(=O)Nc2cc(C)c(Cl)cc2OC)C1. The second kappa shape index (κ2) is 9.24. The summed E-state index contributed by atoms with van der Waals surface area (Å²) in [5, 5.41) is 3.50. The third kappa shape index (κ3) is 4.89. The van der Waals surface area contributed by atoms with E-state index in [2.05, 4.69) is 5.32 Å². The second-order valence-corrected chi connectivity index (χ2v) is 6.96. The first-order valence-corrected chi connectivity index (χ1v) is 9.30. The highest BCUT2D eigenvalue weighted by molar-refractivity contribution is 6.31. The number of ether oxygens (including phenoxy) is 2. The van der Waals surface area contributed by atoms with E-state index in [9.17, 15) is 9.59 Å². The summed E-state index contributed by atoms with van der Waals surface area (Å²) in [4.78, 5) is 26.7. The van der Waals surface area contributed by atoms with Gasteiger partial charge in [-0.1, -0.05) is 11.6 Å². The van der Waals surface area contributed by atoms with Gasteiger partial charge in [-0.3, -0.25) is 14.5 Å². The van der Waals surface area contributed by atoms with E-state index in [1.54, 1.807) is 19.1 Å². The largest absolute Gasteiger partial charge is 0.495 e. The number of likely N-dealkylation sites (tertiary alicyclic amines) is 1. The Morgan fingerprint density at radius 1 is 1.42 bits per heavy atom. The van der Waals surface area contributed by atoms with Crippen molar-refractivity contribution < 1.29 is 19.1 Å². The summed E-state index contributed by atoms with van der Waals surface area (Å²) in [5.74, 6) is 0.0183. The molecule has 1 aliphatic rings. The molecule has 1 fully saturated rings. The average Bonchev–Trinajstić information content (AvgIpc) is 2.64. The second-order valence-electron chi connectivity index (χ2n) is 6.55. The fraction of sp³-hybridized carbons (Fsp3) is 0.579. The summed E-state index contributed by atoms with van der Waals surface area (Å²) in [6.45, 7) is 7.20. The Bertz CT molecular complexity index is 665. The third-order valence-electron chi connectivity index (χ3n) is 4.74. The maximum absolute atomic E-state index is 12.7. The topological polar surface area (TPSA) is 67.9 Å². The number of halogens is 1. The summed E-state index contributed by atoms with van der Waals surface area (Å²) in [7, 11) is 1.54. The molecule has 1 saturated heterocycles. The van der Waals surface area contributed by atoms with Gasteiger partial charge >= 0.3 is 5.97 Å². The van der Waals surface area contributed by atoms with Gasteiger partial charge in [0.1, 0.15) is 5.75 Å². The van der Waals surface area contributed by atoms with Crippen molar-refractivity contribution in [2.45, 2.75) is 39.7 Å². The molecule has 0 aliphatic carbocycles. The lowest BCUT2D eigenvalue weighted by Crippen LogP contribution is -2.48. The lowest BCUT2D eigenvalue weighted by atomic mass is 9.97. The summed E-state index contributed by atoms with van der Waals surface area (Å²) in [6.07, 6.45) is 1.67. The molecule has 2 rings (SSSR count). The Kier molecular flexibility index (Phi) is 7.29. The molecule has 1 aromatic carbocycles. The monoisotopic (exact) mass is 382 g/mol. The fourth-order valence-corrected chi connectivity index (χ4v) is 3.30. The molecule has 1 aliphatic heterocycles. The van der Waals surface area contributed by atoms with E-state index in [-0.39, 0.29) is 23.8 Å². The molecule has 1 N–H and O–H groups in total. The summed E-state index contributed by atoms with van der Waals surface area (Å²) in [5.41, 5.74) is 1.45. The number of hydrogen-bond acceptors (Lipinski definition) is 5. The number of rotatable bonds is 6. The number of nitrogens with one attached hydrogen (secondary N) is 1. The molecule has 1 heterocycles. The molecule has 0 radical (unpaired) electrons. The van der Waals surface area contributed by atoms with Crippen molar-refractivity contribution in [2.75, 3.05) is 32.1 Å². The Balaban J connectivity index is 2.05. The van der Waals surface area contributed by atoms with Crippen LogP contribution in [0.15, 0.2) is 12.1 Å². The van der Waals surface area contributed by atoms with E-state index < -0.39 is 0 Å². The van der Waals surface area contributed by atoms with Gasteiger partial charge in [0.05, 0.1) is 31.4 Å². The zero-order valence-electron chi connectivity index (χ0n) is 15.8. The van der Waals surface area contributed by atoms with Gasteiger partial charge in [0, 0.05) is 17.6 Å². The summed E-state index contributed by atoms with van der Waals surface area (Å²) in [6, 6.07) is 3.12. The summed E-state index contributed by atoms with van der Waals surface area (Å²) < 4.78 is 10.4. The van der Waals surface area contributed by atoms with Gasteiger partial charge in [-0.15, -0.1) is 0 Å². The van der Waals surface area contributed by atoms with Crippen molar-refractivity contribution in [2.24, 2.45) is 5.92 Å². The van der Waals surface area contributed by atoms with Crippen LogP contribution in [0, 0.1) is 12.8 Å². The van der Waals surface area contributed by atoms with E-state index in [4.69, 9.17) is 21.1 Å². The minimum atomic E-state index is -0.368. The van der Waals surface area contributed by atoms with Crippen LogP contribution in [0.5, 0.6) is 5.75 Å². The molecule has 0 aromatic heterocycles. The normalized spacial score (nSPS) is 18.9. The molecule has 1 aromatic rings. The summed E-state index contributed by atoms with van der Waals surface area (Å²) >= 11 is 6.11. The molecule has 144 valence electrons. The number of aryl methyl sites for hydroxylation is 1. The van der Waals surface area contributed by atoms with Crippen molar-refractivity contribution >= 4 is 29.2 Å². The molecule has 2 atom stereocenters. The van der Waals surface area contributed by atoms with E-state index >= 15 is 0 Å². The van der Waals surface area contributed by atoms with Gasteiger partial charge in [-0.05, 0) is 51.8 Å². The van der Waals surface area contributed by atoms with Gasteiger partial charge in [-0.25, -0.2) is 0 Å². The van der Waals surface area contributed by atoms with Crippen molar-refractivity contribution in [1.29, 1.82) is 0 Å². The average molecular weight is 383 g/mol. The molecule has 0 spiro atoms. The number of carbonyl (C=O) groups excluding carboxylic acids is 2. The number of anilines is 1. The van der Waals surface area contributed by atoms with Crippen molar-refractivity contribution in [3.63, 3.8) is 0 Å². The lowest BCUT2D eigenvalue weighted by molar-refractivity contribution is -0.150. The molecular formula is C19H27ClN2O4. The van der Waals surface area contributed by atoms with E-state index in [1.807, 2.05) is 18.7 Å². The number of amides is 1. The first-order valence-electron chi connectivity index (χ1n) is 8.93. The maximum atomic E-state index is 12.7. The first kappa shape index (κ1) is 20.5. The molecule has 0 saturated carbocycles. The minimum absolute atomic E-state index is 0.144. The number of nitrogens with zero attached hydrogens (tertiary/aromatic N) is 1. The van der Waals surface area contributed by atoms with Gasteiger partial charge in [0.15, 0.2) is 0 Å². The number of carbonyl (C=O) groups is 2. The van der Waals surface area contributed by atoms with Crippen LogP contribution in [0.4, 0.5) is 5.69 Å². The first-order chi connectivity index (χ1) is 12.4.